The van der Waals surface area contributed by atoms with Gasteiger partial charge in [-0.15, -0.1) is 0 Å². The molecule has 100 valence electrons. The first-order valence-electron chi connectivity index (χ1n) is 5.98. The smallest absolute Gasteiger partial charge is 0.124 e. The topological polar surface area (TPSA) is 32.3 Å². The molecule has 2 aromatic rings. The highest BCUT2D eigenvalue weighted by Crippen LogP contribution is 2.29. The molecule has 0 saturated heterocycles. The van der Waals surface area contributed by atoms with Crippen LogP contribution in [-0.4, -0.2) is 5.11 Å². The predicted octanol–water partition coefficient (Wildman–Crippen LogP) is 4.62. The zero-order chi connectivity index (χ0) is 14.0. The Morgan fingerprint density at radius 3 is 2.63 bits per heavy atom. The first-order chi connectivity index (χ1) is 8.97. The lowest BCUT2D eigenvalue weighted by Crippen LogP contribution is -2.08. The maximum atomic E-state index is 13.1. The molecule has 0 spiro atoms. The summed E-state index contributed by atoms with van der Waals surface area (Å²) in [4.78, 5) is 0. The Morgan fingerprint density at radius 2 is 1.95 bits per heavy atom. The number of benzene rings is 2. The second kappa shape index (κ2) is 5.77. The molecule has 0 aliphatic heterocycles. The summed E-state index contributed by atoms with van der Waals surface area (Å²) in [6.07, 6.45) is 0. The fraction of sp³-hybridized carbons (Fsp3) is 0.200. The van der Waals surface area contributed by atoms with Crippen molar-refractivity contribution in [1.29, 1.82) is 0 Å². The van der Waals surface area contributed by atoms with E-state index in [-0.39, 0.29) is 17.6 Å². The van der Waals surface area contributed by atoms with Crippen molar-refractivity contribution < 1.29 is 9.50 Å². The zero-order valence-electron chi connectivity index (χ0n) is 10.7. The summed E-state index contributed by atoms with van der Waals surface area (Å²) < 4.78 is 13.9. The van der Waals surface area contributed by atoms with E-state index in [1.54, 1.807) is 12.1 Å². The first-order valence-corrected chi connectivity index (χ1v) is 7.06. The van der Waals surface area contributed by atoms with Gasteiger partial charge in [-0.25, -0.2) is 4.39 Å². The summed E-state index contributed by atoms with van der Waals surface area (Å²) in [5.41, 5.74) is 2.78. The van der Waals surface area contributed by atoms with E-state index >= 15 is 0 Å². The van der Waals surface area contributed by atoms with Crippen LogP contribution < -0.4 is 5.32 Å². The molecule has 0 saturated carbocycles. The lowest BCUT2D eigenvalue weighted by molar-refractivity contribution is 0.465. The van der Waals surface area contributed by atoms with Crippen LogP contribution in [0, 0.1) is 16.3 Å². The van der Waals surface area contributed by atoms with Crippen molar-refractivity contribution in [2.75, 3.05) is 5.32 Å². The molecule has 1 unspecified atom stereocenters. The summed E-state index contributed by atoms with van der Waals surface area (Å²) in [5.74, 6) is 0.0173. The molecule has 0 fully saturated rings. The molecule has 4 heteroatoms. The number of aromatic hydroxyl groups is 1. The Morgan fingerprint density at radius 1 is 1.21 bits per heavy atom. The van der Waals surface area contributed by atoms with Gasteiger partial charge in [-0.3, -0.25) is 0 Å². The van der Waals surface area contributed by atoms with Crippen molar-refractivity contribution in [3.8, 4) is 5.75 Å². The number of phenolic OH excluding ortho intramolecular Hbond substituents is 1. The molecule has 0 aliphatic rings. The Kier molecular flexibility index (Phi) is 4.29. The average Bonchev–Trinajstić information content (AvgIpc) is 2.35. The van der Waals surface area contributed by atoms with Crippen molar-refractivity contribution in [2.24, 2.45) is 0 Å². The van der Waals surface area contributed by atoms with Gasteiger partial charge in [-0.1, -0.05) is 17.7 Å². The standard InChI is InChI=1S/C15H15FINO/c1-9-3-6-15(19)12(7-9)10(2)18-14-5-4-11(16)8-13(14)17/h3-8,10,18-19H,1-2H3. The minimum Gasteiger partial charge on any atom is -0.508 e. The number of aryl methyl sites for hydroxylation is 1. The Hall–Kier alpha value is -1.30. The van der Waals surface area contributed by atoms with Gasteiger partial charge in [0, 0.05) is 14.8 Å². The fourth-order valence-corrected chi connectivity index (χ4v) is 2.57. The Balaban J connectivity index is 2.25. The second-order valence-electron chi connectivity index (χ2n) is 4.55. The second-order valence-corrected chi connectivity index (χ2v) is 5.71. The van der Waals surface area contributed by atoms with E-state index in [1.165, 1.54) is 12.1 Å². The summed E-state index contributed by atoms with van der Waals surface area (Å²) in [6, 6.07) is 10.1. The van der Waals surface area contributed by atoms with E-state index in [2.05, 4.69) is 27.9 Å². The molecule has 19 heavy (non-hydrogen) atoms. The van der Waals surface area contributed by atoms with Gasteiger partial charge in [0.05, 0.1) is 6.04 Å². The summed E-state index contributed by atoms with van der Waals surface area (Å²) in [7, 11) is 0. The molecule has 1 atom stereocenters. The van der Waals surface area contributed by atoms with Crippen LogP contribution in [0.15, 0.2) is 36.4 Å². The van der Waals surface area contributed by atoms with Gasteiger partial charge in [0.1, 0.15) is 11.6 Å². The van der Waals surface area contributed by atoms with E-state index in [9.17, 15) is 9.50 Å². The molecule has 0 radical (unpaired) electrons. The van der Waals surface area contributed by atoms with E-state index in [0.717, 1.165) is 20.4 Å². The van der Waals surface area contributed by atoms with Crippen molar-refractivity contribution in [1.82, 2.24) is 0 Å². The van der Waals surface area contributed by atoms with Crippen LogP contribution in [0.3, 0.4) is 0 Å². The minimum atomic E-state index is -0.249. The van der Waals surface area contributed by atoms with Crippen molar-refractivity contribution in [3.05, 3.63) is 56.9 Å². The van der Waals surface area contributed by atoms with E-state index in [1.807, 2.05) is 26.0 Å². The van der Waals surface area contributed by atoms with Crippen molar-refractivity contribution in [2.45, 2.75) is 19.9 Å². The average molecular weight is 371 g/mol. The van der Waals surface area contributed by atoms with Crippen LogP contribution in [0.4, 0.5) is 10.1 Å². The molecular weight excluding hydrogens is 356 g/mol. The number of rotatable bonds is 3. The van der Waals surface area contributed by atoms with Gasteiger partial charge < -0.3 is 10.4 Å². The SMILES string of the molecule is Cc1ccc(O)c(C(C)Nc2ccc(F)cc2I)c1. The van der Waals surface area contributed by atoms with Gasteiger partial charge in [0.25, 0.3) is 0 Å². The highest BCUT2D eigenvalue weighted by atomic mass is 127. The van der Waals surface area contributed by atoms with Crippen LogP contribution in [0.2, 0.25) is 0 Å². The molecule has 0 aromatic heterocycles. The summed E-state index contributed by atoms with van der Waals surface area (Å²) in [5, 5.41) is 13.2. The number of nitrogens with one attached hydrogen (secondary N) is 1. The maximum Gasteiger partial charge on any atom is 0.124 e. The third-order valence-corrected chi connectivity index (χ3v) is 3.85. The third-order valence-electron chi connectivity index (χ3n) is 2.95. The highest BCUT2D eigenvalue weighted by Gasteiger charge is 2.12. The number of halogens is 2. The van der Waals surface area contributed by atoms with Gasteiger partial charge >= 0.3 is 0 Å². The molecule has 2 aromatic carbocycles. The fourth-order valence-electron chi connectivity index (χ4n) is 1.94. The molecule has 0 aliphatic carbocycles. The lowest BCUT2D eigenvalue weighted by atomic mass is 10.0. The third kappa shape index (κ3) is 3.37. The maximum absolute atomic E-state index is 13.1. The van der Waals surface area contributed by atoms with Crippen LogP contribution in [-0.2, 0) is 0 Å². The molecule has 0 amide bonds. The van der Waals surface area contributed by atoms with Gasteiger partial charge in [0.2, 0.25) is 0 Å². The highest BCUT2D eigenvalue weighted by molar-refractivity contribution is 14.1. The predicted molar refractivity (Wildman–Crippen MR) is 84.0 cm³/mol. The van der Waals surface area contributed by atoms with E-state index < -0.39 is 0 Å². The quantitative estimate of drug-likeness (QED) is 0.772. The zero-order valence-corrected chi connectivity index (χ0v) is 12.9. The summed E-state index contributed by atoms with van der Waals surface area (Å²) >= 11 is 2.09. The summed E-state index contributed by atoms with van der Waals surface area (Å²) in [6.45, 7) is 3.95. The lowest BCUT2D eigenvalue weighted by Gasteiger charge is -2.18. The van der Waals surface area contributed by atoms with Gasteiger partial charge in [-0.2, -0.15) is 0 Å². The minimum absolute atomic E-state index is 0.0566. The molecule has 2 rings (SSSR count). The molecule has 0 heterocycles. The van der Waals surface area contributed by atoms with Crippen molar-refractivity contribution >= 4 is 28.3 Å². The van der Waals surface area contributed by atoms with Gasteiger partial charge in [0.15, 0.2) is 0 Å². The van der Waals surface area contributed by atoms with Crippen LogP contribution >= 0.6 is 22.6 Å². The normalized spacial score (nSPS) is 12.2. The molecule has 2 nitrogen and oxygen atoms in total. The largest absolute Gasteiger partial charge is 0.508 e. The molecule has 2 N–H and O–H groups in total. The molecular formula is C15H15FINO. The van der Waals surface area contributed by atoms with E-state index in [4.69, 9.17) is 0 Å². The van der Waals surface area contributed by atoms with Crippen LogP contribution in [0.5, 0.6) is 5.75 Å². The number of anilines is 1. The monoisotopic (exact) mass is 371 g/mol. The number of hydrogen-bond donors (Lipinski definition) is 2. The number of phenols is 1. The van der Waals surface area contributed by atoms with Crippen molar-refractivity contribution in [3.63, 3.8) is 0 Å². The van der Waals surface area contributed by atoms with Crippen LogP contribution in [0.25, 0.3) is 0 Å². The Bertz CT molecular complexity index is 601. The van der Waals surface area contributed by atoms with Crippen LogP contribution in [0.1, 0.15) is 24.1 Å². The molecule has 0 bridgehead atoms. The van der Waals surface area contributed by atoms with Gasteiger partial charge in [-0.05, 0) is 60.7 Å². The Labute approximate surface area is 125 Å². The first kappa shape index (κ1) is 14.1. The number of hydrogen-bond acceptors (Lipinski definition) is 2. The van der Waals surface area contributed by atoms with E-state index in [0.29, 0.717) is 0 Å².